The standard InChI is InChI=1S/C22H32N4O/c1-24-12-4-2-3-9-20(24)22(27)26-14-6-13-25(15-16-26)17-19-8-5-7-18-10-11-23-21(18)19/h5,7-8,10-11,20,23H,2-4,6,9,12-17H2,1H3. The molecule has 1 N–H and O–H groups in total. The summed E-state index contributed by atoms with van der Waals surface area (Å²) in [5.41, 5.74) is 2.59. The van der Waals surface area contributed by atoms with Crippen molar-refractivity contribution in [3.63, 3.8) is 0 Å². The summed E-state index contributed by atoms with van der Waals surface area (Å²) < 4.78 is 0. The second kappa shape index (κ2) is 8.44. The summed E-state index contributed by atoms with van der Waals surface area (Å²) in [4.78, 5) is 23.4. The number of hydrogen-bond acceptors (Lipinski definition) is 3. The molecule has 1 amide bonds. The van der Waals surface area contributed by atoms with Crippen LogP contribution in [0.15, 0.2) is 30.5 Å². The van der Waals surface area contributed by atoms with Crippen molar-refractivity contribution in [1.29, 1.82) is 0 Å². The minimum Gasteiger partial charge on any atom is -0.361 e. The highest BCUT2D eigenvalue weighted by Gasteiger charge is 2.29. The zero-order valence-electron chi connectivity index (χ0n) is 16.5. The van der Waals surface area contributed by atoms with Gasteiger partial charge in [0.05, 0.1) is 6.04 Å². The number of benzene rings is 1. The van der Waals surface area contributed by atoms with Gasteiger partial charge in [0.2, 0.25) is 5.91 Å². The highest BCUT2D eigenvalue weighted by atomic mass is 16.2. The van der Waals surface area contributed by atoms with Crippen LogP contribution in [0.25, 0.3) is 10.9 Å². The number of rotatable bonds is 3. The molecule has 1 unspecified atom stereocenters. The third-order valence-corrected chi connectivity index (χ3v) is 6.27. The molecule has 27 heavy (non-hydrogen) atoms. The number of carbonyl (C=O) groups excluding carboxylic acids is 1. The maximum Gasteiger partial charge on any atom is 0.239 e. The van der Waals surface area contributed by atoms with Crippen LogP contribution in [0.3, 0.4) is 0 Å². The van der Waals surface area contributed by atoms with Gasteiger partial charge in [0.15, 0.2) is 0 Å². The van der Waals surface area contributed by atoms with Gasteiger partial charge in [-0.25, -0.2) is 0 Å². The SMILES string of the molecule is CN1CCCCCC1C(=O)N1CCCN(Cc2cccc3cc[nH]c23)CC1. The number of nitrogens with zero attached hydrogens (tertiary/aromatic N) is 3. The van der Waals surface area contributed by atoms with E-state index in [0.29, 0.717) is 5.91 Å². The number of amides is 1. The van der Waals surface area contributed by atoms with E-state index in [1.165, 1.54) is 35.7 Å². The number of aromatic amines is 1. The number of likely N-dealkylation sites (N-methyl/N-ethyl adjacent to an activating group) is 1. The number of H-pyrrole nitrogens is 1. The number of carbonyl (C=O) groups is 1. The van der Waals surface area contributed by atoms with E-state index >= 15 is 0 Å². The van der Waals surface area contributed by atoms with Gasteiger partial charge in [-0.3, -0.25) is 14.6 Å². The first-order chi connectivity index (χ1) is 13.2. The van der Waals surface area contributed by atoms with Gasteiger partial charge in [-0.15, -0.1) is 0 Å². The van der Waals surface area contributed by atoms with E-state index < -0.39 is 0 Å². The first-order valence-electron chi connectivity index (χ1n) is 10.5. The lowest BCUT2D eigenvalue weighted by atomic mass is 10.1. The summed E-state index contributed by atoms with van der Waals surface area (Å²) in [5, 5.41) is 1.27. The zero-order valence-corrected chi connectivity index (χ0v) is 16.5. The van der Waals surface area contributed by atoms with E-state index in [1.807, 2.05) is 6.20 Å². The molecule has 2 saturated heterocycles. The van der Waals surface area contributed by atoms with Crippen molar-refractivity contribution in [1.82, 2.24) is 19.7 Å². The molecule has 0 aliphatic carbocycles. The Morgan fingerprint density at radius 2 is 1.96 bits per heavy atom. The van der Waals surface area contributed by atoms with Gasteiger partial charge in [-0.1, -0.05) is 31.0 Å². The molecule has 1 aromatic heterocycles. The Kier molecular flexibility index (Phi) is 5.79. The molecule has 4 rings (SSSR count). The molecule has 2 aliphatic heterocycles. The lowest BCUT2D eigenvalue weighted by Crippen LogP contribution is -2.48. The normalized spacial score (nSPS) is 23.3. The van der Waals surface area contributed by atoms with Crippen LogP contribution in [0.1, 0.15) is 37.7 Å². The molecule has 1 atom stereocenters. The van der Waals surface area contributed by atoms with Crippen LogP contribution in [0.2, 0.25) is 0 Å². The number of nitrogens with one attached hydrogen (secondary N) is 1. The predicted octanol–water partition coefficient (Wildman–Crippen LogP) is 3.08. The maximum atomic E-state index is 13.1. The monoisotopic (exact) mass is 368 g/mol. The van der Waals surface area contributed by atoms with Crippen molar-refractivity contribution >= 4 is 16.8 Å². The Balaban J connectivity index is 1.38. The lowest BCUT2D eigenvalue weighted by molar-refractivity contribution is -0.136. The first-order valence-corrected chi connectivity index (χ1v) is 10.5. The minimum absolute atomic E-state index is 0.0896. The van der Waals surface area contributed by atoms with Crippen LogP contribution < -0.4 is 0 Å². The Bertz CT molecular complexity index is 771. The quantitative estimate of drug-likeness (QED) is 0.905. The molecule has 5 nitrogen and oxygen atoms in total. The second-order valence-corrected chi connectivity index (χ2v) is 8.16. The summed E-state index contributed by atoms with van der Waals surface area (Å²) in [6.45, 7) is 5.76. The molecule has 1 aromatic carbocycles. The Labute approximate surface area is 162 Å². The molecule has 146 valence electrons. The van der Waals surface area contributed by atoms with Gasteiger partial charge in [0.25, 0.3) is 0 Å². The first kappa shape index (κ1) is 18.5. The molecular formula is C22H32N4O. The van der Waals surface area contributed by atoms with Crippen molar-refractivity contribution in [2.24, 2.45) is 0 Å². The molecule has 2 fully saturated rings. The van der Waals surface area contributed by atoms with E-state index in [1.54, 1.807) is 0 Å². The number of para-hydroxylation sites is 1. The summed E-state index contributed by atoms with van der Waals surface area (Å²) >= 11 is 0. The molecule has 0 saturated carbocycles. The fraction of sp³-hybridized carbons (Fsp3) is 0.591. The molecule has 2 aromatic rings. The Hall–Kier alpha value is -1.85. The fourth-order valence-electron chi connectivity index (χ4n) is 4.65. The number of aromatic nitrogens is 1. The number of fused-ring (bicyclic) bond motifs is 1. The van der Waals surface area contributed by atoms with Crippen LogP contribution in [0.4, 0.5) is 0 Å². The average molecular weight is 369 g/mol. The topological polar surface area (TPSA) is 42.6 Å². The number of hydrogen-bond donors (Lipinski definition) is 1. The lowest BCUT2D eigenvalue weighted by Gasteiger charge is -2.30. The predicted molar refractivity (Wildman–Crippen MR) is 110 cm³/mol. The van der Waals surface area contributed by atoms with Crippen molar-refractivity contribution in [3.05, 3.63) is 36.0 Å². The van der Waals surface area contributed by atoms with Crippen molar-refractivity contribution < 1.29 is 4.79 Å². The van der Waals surface area contributed by atoms with Gasteiger partial charge in [0, 0.05) is 44.4 Å². The van der Waals surface area contributed by atoms with Crippen LogP contribution >= 0.6 is 0 Å². The van der Waals surface area contributed by atoms with E-state index in [4.69, 9.17) is 0 Å². The Morgan fingerprint density at radius 1 is 1.04 bits per heavy atom. The van der Waals surface area contributed by atoms with Crippen LogP contribution in [-0.2, 0) is 11.3 Å². The molecule has 0 radical (unpaired) electrons. The average Bonchev–Trinajstić information content (AvgIpc) is 2.90. The smallest absolute Gasteiger partial charge is 0.239 e. The maximum absolute atomic E-state index is 13.1. The number of likely N-dealkylation sites (tertiary alicyclic amines) is 1. The Morgan fingerprint density at radius 3 is 2.89 bits per heavy atom. The van der Waals surface area contributed by atoms with E-state index in [0.717, 1.165) is 52.1 Å². The van der Waals surface area contributed by atoms with Crippen molar-refractivity contribution in [3.8, 4) is 0 Å². The molecule has 3 heterocycles. The van der Waals surface area contributed by atoms with E-state index in [-0.39, 0.29) is 6.04 Å². The van der Waals surface area contributed by atoms with E-state index in [2.05, 4.69) is 51.0 Å². The van der Waals surface area contributed by atoms with Crippen LogP contribution in [-0.4, -0.2) is 71.4 Å². The molecule has 0 bridgehead atoms. The summed E-state index contributed by atoms with van der Waals surface area (Å²) in [6, 6.07) is 8.73. The molecule has 5 heteroatoms. The molecular weight excluding hydrogens is 336 g/mol. The highest BCUT2D eigenvalue weighted by Crippen LogP contribution is 2.21. The van der Waals surface area contributed by atoms with Crippen LogP contribution in [0.5, 0.6) is 0 Å². The third-order valence-electron chi connectivity index (χ3n) is 6.27. The van der Waals surface area contributed by atoms with Gasteiger partial charge in [-0.05, 0) is 49.9 Å². The largest absolute Gasteiger partial charge is 0.361 e. The summed E-state index contributed by atoms with van der Waals surface area (Å²) in [5.74, 6) is 0.354. The van der Waals surface area contributed by atoms with Gasteiger partial charge < -0.3 is 9.88 Å². The second-order valence-electron chi connectivity index (χ2n) is 8.16. The molecule has 2 aliphatic rings. The highest BCUT2D eigenvalue weighted by molar-refractivity contribution is 5.82. The minimum atomic E-state index is 0.0896. The van der Waals surface area contributed by atoms with Crippen LogP contribution in [0, 0.1) is 0 Å². The summed E-state index contributed by atoms with van der Waals surface area (Å²) in [7, 11) is 2.12. The van der Waals surface area contributed by atoms with Crippen molar-refractivity contribution in [2.45, 2.75) is 44.7 Å². The zero-order chi connectivity index (χ0) is 18.6. The van der Waals surface area contributed by atoms with Gasteiger partial charge in [0.1, 0.15) is 0 Å². The van der Waals surface area contributed by atoms with Crippen molar-refractivity contribution in [2.75, 3.05) is 39.8 Å². The van der Waals surface area contributed by atoms with Gasteiger partial charge >= 0.3 is 0 Å². The van der Waals surface area contributed by atoms with Gasteiger partial charge in [-0.2, -0.15) is 0 Å². The van der Waals surface area contributed by atoms with E-state index in [9.17, 15) is 4.79 Å². The third kappa shape index (κ3) is 4.19. The fourth-order valence-corrected chi connectivity index (χ4v) is 4.65. The molecule has 0 spiro atoms. The summed E-state index contributed by atoms with van der Waals surface area (Å²) in [6.07, 6.45) is 7.75.